The van der Waals surface area contributed by atoms with E-state index in [0.717, 1.165) is 12.1 Å². The molecule has 0 saturated heterocycles. The Morgan fingerprint density at radius 2 is 2.04 bits per heavy atom. The Morgan fingerprint density at radius 3 is 2.52 bits per heavy atom. The molecule has 1 aromatic carbocycles. The zero-order chi connectivity index (χ0) is 19.0. The lowest BCUT2D eigenvalue weighted by atomic mass is 9.93. The minimum absolute atomic E-state index is 0.176. The number of Topliss-reactive ketones (excluding diaryl/α,β-unsaturated/α-hetero) is 1. The van der Waals surface area contributed by atoms with Crippen LogP contribution in [-0.2, 0) is 22.9 Å². The van der Waals surface area contributed by atoms with Gasteiger partial charge in [0.15, 0.2) is 11.5 Å². The van der Waals surface area contributed by atoms with Crippen molar-refractivity contribution in [1.82, 2.24) is 9.78 Å². The molecule has 0 aliphatic carbocycles. The van der Waals surface area contributed by atoms with E-state index in [2.05, 4.69) is 25.9 Å². The topological polar surface area (TPSA) is 39.2 Å². The SMILES string of the molecule is [C-]#[N+]c1ccc(CC(=O)C(C)(C)n2cc(Cl)c(Br)n2)cc1C(F)(F)F. The fraction of sp³-hybridized carbons (Fsp3) is 0.312. The van der Waals surface area contributed by atoms with Crippen molar-refractivity contribution >= 4 is 39.0 Å². The van der Waals surface area contributed by atoms with Gasteiger partial charge in [-0.15, -0.1) is 0 Å². The summed E-state index contributed by atoms with van der Waals surface area (Å²) in [5.74, 6) is -0.345. The van der Waals surface area contributed by atoms with Crippen LogP contribution in [0.15, 0.2) is 29.0 Å². The van der Waals surface area contributed by atoms with Gasteiger partial charge in [0.25, 0.3) is 0 Å². The van der Waals surface area contributed by atoms with Crippen LogP contribution in [0.2, 0.25) is 5.02 Å². The van der Waals surface area contributed by atoms with Crippen LogP contribution in [0.4, 0.5) is 18.9 Å². The molecular formula is C16H12BrClF3N3O. The van der Waals surface area contributed by atoms with Crippen LogP contribution < -0.4 is 0 Å². The molecule has 0 unspecified atom stereocenters. The molecule has 0 amide bonds. The lowest BCUT2D eigenvalue weighted by molar-refractivity contribution is -0.137. The number of alkyl halides is 3. The summed E-state index contributed by atoms with van der Waals surface area (Å²) in [6, 6.07) is 3.27. The minimum Gasteiger partial charge on any atom is -0.297 e. The van der Waals surface area contributed by atoms with Gasteiger partial charge in [-0.3, -0.25) is 9.48 Å². The van der Waals surface area contributed by atoms with Crippen LogP contribution in [0, 0.1) is 6.57 Å². The molecule has 1 heterocycles. The van der Waals surface area contributed by atoms with E-state index in [4.69, 9.17) is 18.2 Å². The fourth-order valence-corrected chi connectivity index (χ4v) is 2.57. The van der Waals surface area contributed by atoms with E-state index in [1.807, 2.05) is 0 Å². The Hall–Kier alpha value is -1.85. The summed E-state index contributed by atoms with van der Waals surface area (Å²) in [7, 11) is 0. The van der Waals surface area contributed by atoms with Crippen LogP contribution in [0.3, 0.4) is 0 Å². The van der Waals surface area contributed by atoms with Crippen molar-refractivity contribution in [2.45, 2.75) is 32.0 Å². The summed E-state index contributed by atoms with van der Waals surface area (Å²) < 4.78 is 40.8. The van der Waals surface area contributed by atoms with Gasteiger partial charge in [0.2, 0.25) is 0 Å². The number of rotatable bonds is 4. The van der Waals surface area contributed by atoms with Gasteiger partial charge in [-0.25, -0.2) is 4.85 Å². The van der Waals surface area contributed by atoms with E-state index in [0.29, 0.717) is 9.63 Å². The quantitative estimate of drug-likeness (QED) is 0.603. The number of aromatic nitrogens is 2. The smallest absolute Gasteiger partial charge is 0.297 e. The number of ketones is 1. The molecule has 1 aromatic heterocycles. The zero-order valence-electron chi connectivity index (χ0n) is 13.2. The first-order valence-corrected chi connectivity index (χ1v) is 8.16. The molecule has 0 radical (unpaired) electrons. The van der Waals surface area contributed by atoms with Gasteiger partial charge in [-0.1, -0.05) is 29.8 Å². The molecule has 0 N–H and O–H groups in total. The van der Waals surface area contributed by atoms with E-state index >= 15 is 0 Å². The number of hydrogen-bond acceptors (Lipinski definition) is 2. The Kier molecular flexibility index (Phi) is 5.30. The molecule has 2 rings (SSSR count). The molecule has 0 aliphatic heterocycles. The molecule has 0 saturated carbocycles. The third-order valence-electron chi connectivity index (χ3n) is 3.73. The van der Waals surface area contributed by atoms with Crippen LogP contribution in [0.25, 0.3) is 4.85 Å². The lowest BCUT2D eigenvalue weighted by Gasteiger charge is -2.24. The van der Waals surface area contributed by atoms with Crippen molar-refractivity contribution in [2.75, 3.05) is 0 Å². The number of benzene rings is 1. The molecule has 0 fully saturated rings. The molecule has 25 heavy (non-hydrogen) atoms. The molecule has 0 bridgehead atoms. The first-order chi connectivity index (χ1) is 11.5. The van der Waals surface area contributed by atoms with Gasteiger partial charge in [0, 0.05) is 12.6 Å². The van der Waals surface area contributed by atoms with Gasteiger partial charge in [0.1, 0.15) is 10.1 Å². The molecule has 0 aliphatic rings. The number of nitrogens with zero attached hydrogens (tertiary/aromatic N) is 3. The average Bonchev–Trinajstić information content (AvgIpc) is 2.86. The summed E-state index contributed by atoms with van der Waals surface area (Å²) >= 11 is 9.05. The van der Waals surface area contributed by atoms with Gasteiger partial charge < -0.3 is 0 Å². The van der Waals surface area contributed by atoms with E-state index in [9.17, 15) is 18.0 Å². The number of halogens is 5. The van der Waals surface area contributed by atoms with Crippen molar-refractivity contribution in [2.24, 2.45) is 0 Å². The standard InChI is InChI=1S/C16H12BrClF3N3O/c1-15(2,24-8-11(18)14(17)23-24)13(25)7-9-4-5-12(22-3)10(6-9)16(19,20)21/h4-6,8H,7H2,1-2H3. The van der Waals surface area contributed by atoms with Crippen molar-refractivity contribution in [3.63, 3.8) is 0 Å². The van der Waals surface area contributed by atoms with Crippen LogP contribution in [0.1, 0.15) is 25.0 Å². The van der Waals surface area contributed by atoms with Gasteiger partial charge in [-0.2, -0.15) is 18.3 Å². The second kappa shape index (κ2) is 6.81. The molecule has 9 heteroatoms. The summed E-state index contributed by atoms with van der Waals surface area (Å²) in [6.07, 6.45) is -3.43. The number of carbonyl (C=O) groups excluding carboxylic acids is 1. The van der Waals surface area contributed by atoms with Crippen molar-refractivity contribution in [3.05, 3.63) is 56.6 Å². The predicted molar refractivity (Wildman–Crippen MR) is 90.7 cm³/mol. The lowest BCUT2D eigenvalue weighted by Crippen LogP contribution is -2.37. The zero-order valence-corrected chi connectivity index (χ0v) is 15.5. The van der Waals surface area contributed by atoms with E-state index in [1.165, 1.54) is 16.9 Å². The second-order valence-corrected chi connectivity index (χ2v) is 6.99. The molecule has 132 valence electrons. The van der Waals surface area contributed by atoms with E-state index in [1.54, 1.807) is 13.8 Å². The maximum Gasteiger partial charge on any atom is 0.407 e. The van der Waals surface area contributed by atoms with E-state index < -0.39 is 23.0 Å². The van der Waals surface area contributed by atoms with Gasteiger partial charge in [-0.05, 0) is 35.3 Å². The van der Waals surface area contributed by atoms with Crippen molar-refractivity contribution < 1.29 is 18.0 Å². The monoisotopic (exact) mass is 433 g/mol. The Bertz CT molecular complexity index is 849. The third kappa shape index (κ3) is 4.05. The molecule has 4 nitrogen and oxygen atoms in total. The second-order valence-electron chi connectivity index (χ2n) is 5.83. The highest BCUT2D eigenvalue weighted by Crippen LogP contribution is 2.37. The Morgan fingerprint density at radius 1 is 1.40 bits per heavy atom. The van der Waals surface area contributed by atoms with Gasteiger partial charge >= 0.3 is 6.18 Å². The Labute approximate surface area is 155 Å². The van der Waals surface area contributed by atoms with Crippen molar-refractivity contribution in [3.8, 4) is 0 Å². The maximum absolute atomic E-state index is 13.0. The van der Waals surface area contributed by atoms with Gasteiger partial charge in [0.05, 0.1) is 17.2 Å². The van der Waals surface area contributed by atoms with Crippen LogP contribution >= 0.6 is 27.5 Å². The van der Waals surface area contributed by atoms with Crippen LogP contribution in [-0.4, -0.2) is 15.6 Å². The first-order valence-electron chi connectivity index (χ1n) is 6.99. The minimum atomic E-state index is -4.66. The summed E-state index contributed by atoms with van der Waals surface area (Å²) in [6.45, 7) is 10.0. The number of hydrogen-bond donors (Lipinski definition) is 0. The fourth-order valence-electron chi connectivity index (χ4n) is 2.17. The first kappa shape index (κ1) is 19.5. The highest BCUT2D eigenvalue weighted by Gasteiger charge is 2.35. The van der Waals surface area contributed by atoms with E-state index in [-0.39, 0.29) is 17.8 Å². The largest absolute Gasteiger partial charge is 0.407 e. The third-order valence-corrected chi connectivity index (χ3v) is 4.83. The molecular weight excluding hydrogens is 423 g/mol. The summed E-state index contributed by atoms with van der Waals surface area (Å²) in [5, 5.41) is 4.41. The molecule has 0 atom stereocenters. The maximum atomic E-state index is 13.0. The highest BCUT2D eigenvalue weighted by molar-refractivity contribution is 9.10. The molecule has 0 spiro atoms. The summed E-state index contributed by atoms with van der Waals surface area (Å²) in [5.41, 5.74) is -2.47. The normalized spacial score (nSPS) is 12.1. The average molecular weight is 435 g/mol. The highest BCUT2D eigenvalue weighted by atomic mass is 79.9. The number of carbonyl (C=O) groups is 1. The molecule has 2 aromatic rings. The summed E-state index contributed by atoms with van der Waals surface area (Å²) in [4.78, 5) is 15.5. The Balaban J connectivity index is 2.33. The van der Waals surface area contributed by atoms with Crippen molar-refractivity contribution in [1.29, 1.82) is 0 Å². The predicted octanol–water partition coefficient (Wildman–Crippen LogP) is 5.42. The van der Waals surface area contributed by atoms with Crippen LogP contribution in [0.5, 0.6) is 0 Å².